The first-order chi connectivity index (χ1) is 9.79. The summed E-state index contributed by atoms with van der Waals surface area (Å²) in [5, 5.41) is -0.187. The molecule has 0 saturated heterocycles. The molecule has 0 aliphatic heterocycles. The van der Waals surface area contributed by atoms with E-state index in [1.54, 1.807) is 0 Å². The molecule has 0 spiro atoms. The summed E-state index contributed by atoms with van der Waals surface area (Å²) in [7, 11) is -3.88. The molecule has 0 saturated carbocycles. The molecular weight excluding hydrogens is 343 g/mol. The van der Waals surface area contributed by atoms with Gasteiger partial charge in [0.1, 0.15) is 11.6 Å². The molecule has 0 bridgehead atoms. The Balaban J connectivity index is 2.19. The molecule has 2 rings (SSSR count). The van der Waals surface area contributed by atoms with Gasteiger partial charge in [-0.3, -0.25) is 0 Å². The van der Waals surface area contributed by atoms with Crippen molar-refractivity contribution in [3.05, 3.63) is 63.6 Å². The van der Waals surface area contributed by atoms with Crippen molar-refractivity contribution in [2.24, 2.45) is 0 Å². The maximum atomic E-state index is 13.0. The van der Waals surface area contributed by atoms with Gasteiger partial charge in [-0.25, -0.2) is 21.9 Å². The van der Waals surface area contributed by atoms with Crippen molar-refractivity contribution in [3.63, 3.8) is 0 Å². The fourth-order valence-electron chi connectivity index (χ4n) is 1.57. The van der Waals surface area contributed by atoms with Crippen molar-refractivity contribution < 1.29 is 17.2 Å². The van der Waals surface area contributed by atoms with E-state index in [-0.39, 0.29) is 21.5 Å². The predicted octanol–water partition coefficient (Wildman–Crippen LogP) is 3.75. The van der Waals surface area contributed by atoms with Crippen LogP contribution in [0.2, 0.25) is 10.0 Å². The Morgan fingerprint density at radius 2 is 1.71 bits per heavy atom. The first kappa shape index (κ1) is 16.2. The fourth-order valence-corrected chi connectivity index (χ4v) is 3.08. The van der Waals surface area contributed by atoms with Gasteiger partial charge >= 0.3 is 0 Å². The highest BCUT2D eigenvalue weighted by atomic mass is 35.5. The number of sulfonamides is 1. The number of benzene rings is 2. The second-order valence-electron chi connectivity index (χ2n) is 4.14. The van der Waals surface area contributed by atoms with Gasteiger partial charge in [-0.2, -0.15) is 0 Å². The average Bonchev–Trinajstić information content (AvgIpc) is 2.40. The maximum Gasteiger partial charge on any atom is 0.240 e. The number of hydrogen-bond acceptors (Lipinski definition) is 2. The van der Waals surface area contributed by atoms with E-state index in [1.807, 2.05) is 0 Å². The molecule has 0 aliphatic rings. The van der Waals surface area contributed by atoms with Crippen LogP contribution in [0, 0.1) is 11.6 Å². The molecule has 0 unspecified atom stereocenters. The molecule has 0 radical (unpaired) electrons. The van der Waals surface area contributed by atoms with Gasteiger partial charge in [-0.15, -0.1) is 0 Å². The van der Waals surface area contributed by atoms with Crippen LogP contribution in [0.15, 0.2) is 41.3 Å². The van der Waals surface area contributed by atoms with Gasteiger partial charge < -0.3 is 0 Å². The summed E-state index contributed by atoms with van der Waals surface area (Å²) in [4.78, 5) is -0.174. The average molecular weight is 352 g/mol. The van der Waals surface area contributed by atoms with E-state index < -0.39 is 21.7 Å². The third-order valence-electron chi connectivity index (χ3n) is 2.67. The van der Waals surface area contributed by atoms with E-state index in [1.165, 1.54) is 12.1 Å². The summed E-state index contributed by atoms with van der Waals surface area (Å²) in [6, 6.07) is 6.69. The van der Waals surface area contributed by atoms with Crippen LogP contribution in [-0.4, -0.2) is 8.42 Å². The van der Waals surface area contributed by atoms with Crippen LogP contribution < -0.4 is 4.72 Å². The van der Waals surface area contributed by atoms with Gasteiger partial charge in [0.25, 0.3) is 0 Å². The topological polar surface area (TPSA) is 46.2 Å². The standard InChI is InChI=1S/C13H9Cl2F2NO2S/c14-11-5-9(16)2-1-8(11)7-18-21(19,20)10-3-4-13(17)12(15)6-10/h1-6,18H,7H2. The zero-order valence-corrected chi connectivity index (χ0v) is 12.7. The van der Waals surface area contributed by atoms with Crippen LogP contribution in [0.25, 0.3) is 0 Å². The SMILES string of the molecule is O=S(=O)(NCc1ccc(F)cc1Cl)c1ccc(F)c(Cl)c1. The number of nitrogens with one attached hydrogen (secondary N) is 1. The van der Waals surface area contributed by atoms with Crippen LogP contribution in [0.1, 0.15) is 5.56 Å². The first-order valence-corrected chi connectivity index (χ1v) is 7.92. The number of rotatable bonds is 4. The lowest BCUT2D eigenvalue weighted by atomic mass is 10.2. The second-order valence-corrected chi connectivity index (χ2v) is 6.72. The molecule has 0 atom stereocenters. The summed E-state index contributed by atoms with van der Waals surface area (Å²) in [6.45, 7) is -0.129. The molecule has 2 aromatic rings. The minimum atomic E-state index is -3.88. The van der Waals surface area contributed by atoms with E-state index in [9.17, 15) is 17.2 Å². The van der Waals surface area contributed by atoms with Gasteiger partial charge in [-0.05, 0) is 35.9 Å². The smallest absolute Gasteiger partial charge is 0.207 e. The van der Waals surface area contributed by atoms with Gasteiger partial charge in [0.05, 0.1) is 9.92 Å². The highest BCUT2D eigenvalue weighted by molar-refractivity contribution is 7.89. The largest absolute Gasteiger partial charge is 0.240 e. The lowest BCUT2D eigenvalue weighted by Crippen LogP contribution is -2.23. The third kappa shape index (κ3) is 3.91. The van der Waals surface area contributed by atoms with Crippen molar-refractivity contribution in [2.45, 2.75) is 11.4 Å². The van der Waals surface area contributed by atoms with Crippen LogP contribution in [0.5, 0.6) is 0 Å². The zero-order chi connectivity index (χ0) is 15.6. The predicted molar refractivity (Wildman–Crippen MR) is 76.8 cm³/mol. The summed E-state index contributed by atoms with van der Waals surface area (Å²) in [5.41, 5.74) is 0.412. The Kier molecular flexibility index (Phi) is 4.83. The summed E-state index contributed by atoms with van der Waals surface area (Å²) >= 11 is 11.4. The van der Waals surface area contributed by atoms with E-state index in [2.05, 4.69) is 4.72 Å². The van der Waals surface area contributed by atoms with E-state index >= 15 is 0 Å². The van der Waals surface area contributed by atoms with Crippen LogP contribution in [-0.2, 0) is 16.6 Å². The summed E-state index contributed by atoms with van der Waals surface area (Å²) in [6.07, 6.45) is 0. The highest BCUT2D eigenvalue weighted by Gasteiger charge is 2.16. The molecular formula is C13H9Cl2F2NO2S. The van der Waals surface area contributed by atoms with Crippen molar-refractivity contribution in [1.29, 1.82) is 0 Å². The number of hydrogen-bond donors (Lipinski definition) is 1. The van der Waals surface area contributed by atoms with E-state index in [4.69, 9.17) is 23.2 Å². The monoisotopic (exact) mass is 351 g/mol. The third-order valence-corrected chi connectivity index (χ3v) is 4.71. The fraction of sp³-hybridized carbons (Fsp3) is 0.0769. The Hall–Kier alpha value is -1.21. The second kappa shape index (κ2) is 6.27. The molecule has 2 aromatic carbocycles. The van der Waals surface area contributed by atoms with Gasteiger partial charge in [0, 0.05) is 11.6 Å². The quantitative estimate of drug-likeness (QED) is 0.911. The molecule has 0 fully saturated rings. The highest BCUT2D eigenvalue weighted by Crippen LogP contribution is 2.21. The molecule has 3 nitrogen and oxygen atoms in total. The molecule has 1 N–H and O–H groups in total. The molecule has 0 aliphatic carbocycles. The first-order valence-electron chi connectivity index (χ1n) is 5.68. The summed E-state index contributed by atoms with van der Waals surface area (Å²) in [5.74, 6) is -1.23. The normalized spacial score (nSPS) is 11.6. The van der Waals surface area contributed by atoms with Crippen LogP contribution in [0.4, 0.5) is 8.78 Å². The Bertz CT molecular complexity index is 782. The Morgan fingerprint density at radius 1 is 1.00 bits per heavy atom. The lowest BCUT2D eigenvalue weighted by molar-refractivity contribution is 0.580. The van der Waals surface area contributed by atoms with Gasteiger partial charge in [0.15, 0.2) is 0 Å². The van der Waals surface area contributed by atoms with E-state index in [0.717, 1.165) is 24.3 Å². The van der Waals surface area contributed by atoms with Crippen LogP contribution >= 0.6 is 23.2 Å². The van der Waals surface area contributed by atoms with Crippen molar-refractivity contribution >= 4 is 33.2 Å². The van der Waals surface area contributed by atoms with Gasteiger partial charge in [-0.1, -0.05) is 29.3 Å². The summed E-state index contributed by atoms with van der Waals surface area (Å²) < 4.78 is 52.3. The van der Waals surface area contributed by atoms with Gasteiger partial charge in [0.2, 0.25) is 10.0 Å². The van der Waals surface area contributed by atoms with E-state index in [0.29, 0.717) is 5.56 Å². The van der Waals surface area contributed by atoms with Crippen molar-refractivity contribution in [2.75, 3.05) is 0 Å². The maximum absolute atomic E-state index is 13.0. The molecule has 0 heterocycles. The van der Waals surface area contributed by atoms with Crippen molar-refractivity contribution in [3.8, 4) is 0 Å². The number of halogens is 4. The minimum Gasteiger partial charge on any atom is -0.207 e. The zero-order valence-electron chi connectivity index (χ0n) is 10.4. The Morgan fingerprint density at radius 3 is 2.33 bits per heavy atom. The Labute approximate surface area is 130 Å². The molecule has 0 aromatic heterocycles. The lowest BCUT2D eigenvalue weighted by Gasteiger charge is -2.09. The molecule has 8 heteroatoms. The molecule has 112 valence electrons. The minimum absolute atomic E-state index is 0.106. The molecule has 0 amide bonds. The van der Waals surface area contributed by atoms with Crippen LogP contribution in [0.3, 0.4) is 0 Å². The molecule has 21 heavy (non-hydrogen) atoms. The van der Waals surface area contributed by atoms with Crippen molar-refractivity contribution in [1.82, 2.24) is 4.72 Å².